The van der Waals surface area contributed by atoms with E-state index in [2.05, 4.69) is 30.9 Å². The molecule has 1 aromatic carbocycles. The molecule has 11 N–H and O–H groups in total. The molecule has 14 nitrogen and oxygen atoms in total. The third-order valence-corrected chi connectivity index (χ3v) is 6.61. The van der Waals surface area contributed by atoms with Crippen molar-refractivity contribution >= 4 is 29.7 Å². The fourth-order valence-electron chi connectivity index (χ4n) is 4.02. The Morgan fingerprint density at radius 3 is 2.27 bits per heavy atom. The molecule has 5 atom stereocenters. The molecule has 0 aliphatic heterocycles. The number of hydrogen-bond acceptors (Lipinski definition) is 7. The molecule has 0 radical (unpaired) electrons. The van der Waals surface area contributed by atoms with Crippen molar-refractivity contribution in [2.24, 2.45) is 28.1 Å². The molecule has 0 saturated carbocycles. The van der Waals surface area contributed by atoms with Gasteiger partial charge in [0.15, 0.2) is 5.96 Å². The number of guanidine groups is 1. The highest BCUT2D eigenvalue weighted by molar-refractivity contribution is 5.94. The zero-order valence-electron chi connectivity index (χ0n) is 23.4. The van der Waals surface area contributed by atoms with Gasteiger partial charge in [0.1, 0.15) is 18.1 Å². The second-order valence-electron chi connectivity index (χ2n) is 9.86. The number of carboxylic acids is 1. The molecule has 0 spiro atoms. The molecule has 41 heavy (non-hydrogen) atoms. The van der Waals surface area contributed by atoms with Crippen LogP contribution in [-0.2, 0) is 32.0 Å². The molecular weight excluding hydrogens is 530 g/mol. The minimum Gasteiger partial charge on any atom is -0.480 e. The number of aromatic nitrogens is 2. The van der Waals surface area contributed by atoms with Crippen molar-refractivity contribution in [3.05, 3.63) is 54.1 Å². The predicted molar refractivity (Wildman–Crippen MR) is 153 cm³/mol. The van der Waals surface area contributed by atoms with Crippen molar-refractivity contribution in [1.82, 2.24) is 25.9 Å². The van der Waals surface area contributed by atoms with Gasteiger partial charge in [0.05, 0.1) is 12.4 Å². The summed E-state index contributed by atoms with van der Waals surface area (Å²) in [5.74, 6) is -3.39. The van der Waals surface area contributed by atoms with E-state index in [9.17, 15) is 24.3 Å². The summed E-state index contributed by atoms with van der Waals surface area (Å²) < 4.78 is 0. The van der Waals surface area contributed by atoms with Crippen molar-refractivity contribution in [1.29, 1.82) is 0 Å². The van der Waals surface area contributed by atoms with Gasteiger partial charge in [0, 0.05) is 31.3 Å². The maximum Gasteiger partial charge on any atom is 0.326 e. The van der Waals surface area contributed by atoms with Crippen LogP contribution in [0.1, 0.15) is 44.4 Å². The van der Waals surface area contributed by atoms with Gasteiger partial charge in [-0.1, -0.05) is 50.6 Å². The Morgan fingerprint density at radius 1 is 1.00 bits per heavy atom. The first-order chi connectivity index (χ1) is 19.5. The number of aliphatic carboxylic acids is 1. The zero-order valence-corrected chi connectivity index (χ0v) is 23.4. The van der Waals surface area contributed by atoms with Gasteiger partial charge in [-0.05, 0) is 24.3 Å². The summed E-state index contributed by atoms with van der Waals surface area (Å²) in [4.78, 5) is 62.3. The summed E-state index contributed by atoms with van der Waals surface area (Å²) in [6.45, 7) is 3.96. The van der Waals surface area contributed by atoms with E-state index in [0.29, 0.717) is 31.5 Å². The van der Waals surface area contributed by atoms with Crippen LogP contribution in [0.2, 0.25) is 0 Å². The van der Waals surface area contributed by atoms with Gasteiger partial charge in [-0.25, -0.2) is 9.78 Å². The number of carbonyl (C=O) groups excluding carboxylic acids is 3. The van der Waals surface area contributed by atoms with Crippen LogP contribution in [-0.4, -0.2) is 75.4 Å². The Kier molecular flexibility index (Phi) is 13.3. The number of aliphatic imine (C=N–C) groups is 1. The van der Waals surface area contributed by atoms with Gasteiger partial charge in [-0.15, -0.1) is 0 Å². The molecule has 3 amide bonds. The van der Waals surface area contributed by atoms with Crippen molar-refractivity contribution < 1.29 is 24.3 Å². The van der Waals surface area contributed by atoms with Crippen LogP contribution >= 0.6 is 0 Å². The van der Waals surface area contributed by atoms with Crippen LogP contribution in [0.25, 0.3) is 0 Å². The average Bonchev–Trinajstić information content (AvgIpc) is 3.46. The van der Waals surface area contributed by atoms with Gasteiger partial charge in [0.2, 0.25) is 17.7 Å². The Balaban J connectivity index is 2.16. The maximum absolute atomic E-state index is 13.5. The summed E-state index contributed by atoms with van der Waals surface area (Å²) in [7, 11) is 0. The number of amides is 3. The highest BCUT2D eigenvalue weighted by atomic mass is 16.4. The summed E-state index contributed by atoms with van der Waals surface area (Å²) in [6.07, 6.45) is 4.31. The fraction of sp³-hybridized carbons (Fsp3) is 0.481. The number of rotatable bonds is 17. The second kappa shape index (κ2) is 16.6. The van der Waals surface area contributed by atoms with E-state index in [1.165, 1.54) is 12.5 Å². The Bertz CT molecular complexity index is 1150. The first-order valence-corrected chi connectivity index (χ1v) is 13.5. The average molecular weight is 572 g/mol. The van der Waals surface area contributed by atoms with Gasteiger partial charge < -0.3 is 43.2 Å². The zero-order chi connectivity index (χ0) is 30.4. The van der Waals surface area contributed by atoms with E-state index in [1.54, 1.807) is 37.3 Å². The van der Waals surface area contributed by atoms with Crippen LogP contribution in [0.3, 0.4) is 0 Å². The smallest absolute Gasteiger partial charge is 0.326 e. The Morgan fingerprint density at radius 2 is 1.68 bits per heavy atom. The fourth-order valence-corrected chi connectivity index (χ4v) is 4.02. The van der Waals surface area contributed by atoms with E-state index < -0.39 is 47.9 Å². The lowest BCUT2D eigenvalue weighted by atomic mass is 9.96. The quantitative estimate of drug-likeness (QED) is 0.0669. The third-order valence-electron chi connectivity index (χ3n) is 6.61. The SMILES string of the molecule is CCC(C)C(NC(=O)C(N)CCCN=C(N)N)C(=O)NC(Cc1cnc[nH]1)C(=O)NC(Cc1ccccc1)C(=O)O. The first-order valence-electron chi connectivity index (χ1n) is 13.5. The van der Waals surface area contributed by atoms with E-state index in [0.717, 1.165) is 5.56 Å². The van der Waals surface area contributed by atoms with Crippen LogP contribution in [0.15, 0.2) is 47.8 Å². The molecule has 14 heteroatoms. The highest BCUT2D eigenvalue weighted by Gasteiger charge is 2.32. The number of nitrogens with two attached hydrogens (primary N) is 3. The van der Waals surface area contributed by atoms with Gasteiger partial charge in [-0.3, -0.25) is 19.4 Å². The lowest BCUT2D eigenvalue weighted by Gasteiger charge is -2.28. The number of aromatic amines is 1. The number of carbonyl (C=O) groups is 4. The summed E-state index contributed by atoms with van der Waals surface area (Å²) >= 11 is 0. The monoisotopic (exact) mass is 571 g/mol. The molecule has 0 aliphatic carbocycles. The van der Waals surface area contributed by atoms with Gasteiger partial charge in [-0.2, -0.15) is 0 Å². The summed E-state index contributed by atoms with van der Waals surface area (Å²) in [6, 6.07) is 4.60. The first kappa shape index (κ1) is 32.8. The van der Waals surface area contributed by atoms with Crippen molar-refractivity contribution in [3.63, 3.8) is 0 Å². The van der Waals surface area contributed by atoms with E-state index >= 15 is 0 Å². The number of benzene rings is 1. The molecule has 1 heterocycles. The predicted octanol–water partition coefficient (Wildman–Crippen LogP) is -0.839. The standard InChI is InChI=1S/C27H41N9O5/c1-3-16(2)22(36-23(37)19(28)10-7-11-32-27(29)30)25(39)34-20(13-18-14-31-15-33-18)24(38)35-21(26(40)41)12-17-8-5-4-6-9-17/h4-6,8-9,14-16,19-22H,3,7,10-13,28H2,1-2H3,(H,31,33)(H,34,39)(H,35,38)(H,36,37)(H,40,41)(H4,29,30,32). The van der Waals surface area contributed by atoms with E-state index in [4.69, 9.17) is 17.2 Å². The molecule has 2 rings (SSSR count). The number of nitrogens with one attached hydrogen (secondary N) is 4. The van der Waals surface area contributed by atoms with Crippen LogP contribution in [0, 0.1) is 5.92 Å². The number of H-pyrrole nitrogens is 1. The van der Waals surface area contributed by atoms with Gasteiger partial charge >= 0.3 is 5.97 Å². The van der Waals surface area contributed by atoms with E-state index in [1.807, 2.05) is 6.92 Å². The number of hydrogen-bond donors (Lipinski definition) is 8. The number of carboxylic acid groups (broad SMARTS) is 1. The minimum atomic E-state index is -1.23. The van der Waals surface area contributed by atoms with E-state index in [-0.39, 0.29) is 24.7 Å². The molecule has 5 unspecified atom stereocenters. The Hall–Kier alpha value is -4.46. The summed E-state index contributed by atoms with van der Waals surface area (Å²) in [5, 5.41) is 17.7. The highest BCUT2D eigenvalue weighted by Crippen LogP contribution is 2.11. The van der Waals surface area contributed by atoms with Crippen molar-refractivity contribution in [2.75, 3.05) is 6.54 Å². The van der Waals surface area contributed by atoms with Crippen molar-refractivity contribution in [2.45, 2.75) is 70.1 Å². The molecule has 0 aliphatic rings. The molecule has 1 aromatic heterocycles. The Labute approximate surface area is 238 Å². The minimum absolute atomic E-state index is 0.0146. The normalized spacial score (nSPS) is 14.5. The molecule has 0 saturated heterocycles. The maximum atomic E-state index is 13.5. The van der Waals surface area contributed by atoms with Crippen LogP contribution in [0.5, 0.6) is 0 Å². The molecular formula is C27H41N9O5. The number of nitrogens with zero attached hydrogens (tertiary/aromatic N) is 2. The van der Waals surface area contributed by atoms with Crippen LogP contribution in [0.4, 0.5) is 0 Å². The second-order valence-corrected chi connectivity index (χ2v) is 9.86. The third kappa shape index (κ3) is 11.3. The topological polar surface area (TPSA) is 244 Å². The molecule has 0 bridgehead atoms. The lowest BCUT2D eigenvalue weighted by molar-refractivity contribution is -0.142. The molecule has 224 valence electrons. The number of imidazole rings is 1. The molecule has 0 fully saturated rings. The molecule has 2 aromatic rings. The van der Waals surface area contributed by atoms with Crippen molar-refractivity contribution in [3.8, 4) is 0 Å². The van der Waals surface area contributed by atoms with Gasteiger partial charge in [0.25, 0.3) is 0 Å². The largest absolute Gasteiger partial charge is 0.480 e. The summed E-state index contributed by atoms with van der Waals surface area (Å²) in [5.41, 5.74) is 17.9. The van der Waals surface area contributed by atoms with Crippen LogP contribution < -0.4 is 33.2 Å². The lowest BCUT2D eigenvalue weighted by Crippen LogP contribution is -2.59.